The van der Waals surface area contributed by atoms with Gasteiger partial charge in [-0.25, -0.2) is 4.79 Å². The number of anilines is 1. The number of hydrogen-bond donors (Lipinski definition) is 2. The third-order valence-electron chi connectivity index (χ3n) is 3.30. The molecule has 0 spiro atoms. The van der Waals surface area contributed by atoms with Crippen molar-refractivity contribution in [3.8, 4) is 0 Å². The molecule has 1 fully saturated rings. The van der Waals surface area contributed by atoms with Crippen molar-refractivity contribution in [2.24, 2.45) is 11.7 Å². The Balaban J connectivity index is 2.05. The largest absolute Gasteiger partial charge is 0.462 e. The van der Waals surface area contributed by atoms with Crippen LogP contribution in [0.5, 0.6) is 0 Å². The fourth-order valence-corrected chi connectivity index (χ4v) is 3.07. The highest BCUT2D eigenvalue weighted by Gasteiger charge is 2.31. The lowest BCUT2D eigenvalue weighted by Crippen LogP contribution is -2.34. The third kappa shape index (κ3) is 3.13. The molecule has 2 atom stereocenters. The molecular weight excluding hydrogens is 264 g/mol. The van der Waals surface area contributed by atoms with Gasteiger partial charge < -0.3 is 15.8 Å². The van der Waals surface area contributed by atoms with Gasteiger partial charge in [0, 0.05) is 6.04 Å². The van der Waals surface area contributed by atoms with Crippen LogP contribution in [0.3, 0.4) is 0 Å². The van der Waals surface area contributed by atoms with E-state index >= 15 is 0 Å². The number of carbonyl (C=O) groups is 2. The highest BCUT2D eigenvalue weighted by atomic mass is 32.1. The van der Waals surface area contributed by atoms with Gasteiger partial charge in [-0.3, -0.25) is 4.79 Å². The molecule has 0 aromatic carbocycles. The van der Waals surface area contributed by atoms with E-state index < -0.39 is 5.97 Å². The molecule has 5 nitrogen and oxygen atoms in total. The maximum atomic E-state index is 12.1. The van der Waals surface area contributed by atoms with Crippen molar-refractivity contribution in [3.05, 3.63) is 17.0 Å². The summed E-state index contributed by atoms with van der Waals surface area (Å²) in [5.41, 5.74) is 6.31. The first-order valence-electron chi connectivity index (χ1n) is 6.44. The zero-order valence-corrected chi connectivity index (χ0v) is 11.7. The average molecular weight is 282 g/mol. The molecule has 104 valence electrons. The van der Waals surface area contributed by atoms with Crippen molar-refractivity contribution in [3.63, 3.8) is 0 Å². The van der Waals surface area contributed by atoms with Crippen LogP contribution in [0.1, 0.15) is 36.5 Å². The minimum atomic E-state index is -0.408. The van der Waals surface area contributed by atoms with Crippen molar-refractivity contribution < 1.29 is 14.3 Å². The van der Waals surface area contributed by atoms with Crippen molar-refractivity contribution in [1.29, 1.82) is 0 Å². The Labute approximate surface area is 116 Å². The Bertz CT molecular complexity index is 472. The van der Waals surface area contributed by atoms with Crippen LogP contribution in [-0.2, 0) is 9.53 Å². The molecule has 1 aliphatic carbocycles. The molecule has 1 aliphatic rings. The predicted octanol–water partition coefficient (Wildman–Crippen LogP) is 1.99. The van der Waals surface area contributed by atoms with Crippen molar-refractivity contribution in [2.75, 3.05) is 11.9 Å². The Morgan fingerprint density at radius 2 is 2.32 bits per heavy atom. The Morgan fingerprint density at radius 3 is 2.95 bits per heavy atom. The maximum Gasteiger partial charge on any atom is 0.341 e. The van der Waals surface area contributed by atoms with Gasteiger partial charge in [-0.05, 0) is 31.2 Å². The van der Waals surface area contributed by atoms with Gasteiger partial charge in [0.1, 0.15) is 5.00 Å². The summed E-state index contributed by atoms with van der Waals surface area (Å²) in [7, 11) is 0. The molecule has 2 unspecified atom stereocenters. The van der Waals surface area contributed by atoms with Crippen LogP contribution in [0.4, 0.5) is 5.00 Å². The minimum absolute atomic E-state index is 0.0778. The highest BCUT2D eigenvalue weighted by Crippen LogP contribution is 2.28. The van der Waals surface area contributed by atoms with Crippen LogP contribution in [0.15, 0.2) is 11.4 Å². The van der Waals surface area contributed by atoms with E-state index in [0.717, 1.165) is 19.3 Å². The molecule has 0 aliphatic heterocycles. The Kier molecular flexibility index (Phi) is 4.55. The third-order valence-corrected chi connectivity index (χ3v) is 4.13. The van der Waals surface area contributed by atoms with Crippen LogP contribution in [0.25, 0.3) is 0 Å². The van der Waals surface area contributed by atoms with Crippen LogP contribution in [0.2, 0.25) is 0 Å². The number of amides is 1. The van der Waals surface area contributed by atoms with E-state index in [1.54, 1.807) is 18.4 Å². The molecule has 2 rings (SSSR count). The molecule has 0 radical (unpaired) electrons. The fourth-order valence-electron chi connectivity index (χ4n) is 2.29. The molecule has 1 aromatic heterocycles. The normalized spacial score (nSPS) is 22.2. The molecule has 1 saturated carbocycles. The molecule has 1 aromatic rings. The zero-order chi connectivity index (χ0) is 13.8. The van der Waals surface area contributed by atoms with Gasteiger partial charge in [0.15, 0.2) is 0 Å². The number of esters is 1. The van der Waals surface area contributed by atoms with Gasteiger partial charge in [-0.1, -0.05) is 6.42 Å². The Morgan fingerprint density at radius 1 is 1.53 bits per heavy atom. The number of carbonyl (C=O) groups excluding carboxylic acids is 2. The molecule has 19 heavy (non-hydrogen) atoms. The quantitative estimate of drug-likeness (QED) is 0.827. The van der Waals surface area contributed by atoms with Gasteiger partial charge >= 0.3 is 5.97 Å². The number of thiophene rings is 1. The fraction of sp³-hybridized carbons (Fsp3) is 0.538. The molecule has 0 saturated heterocycles. The first-order valence-corrected chi connectivity index (χ1v) is 7.32. The number of hydrogen-bond acceptors (Lipinski definition) is 5. The molecular formula is C13H18N2O3S. The van der Waals surface area contributed by atoms with Crippen molar-refractivity contribution in [1.82, 2.24) is 0 Å². The number of nitrogens with two attached hydrogens (primary N) is 1. The summed E-state index contributed by atoms with van der Waals surface area (Å²) in [5.74, 6) is -0.662. The van der Waals surface area contributed by atoms with Crippen LogP contribution >= 0.6 is 11.3 Å². The van der Waals surface area contributed by atoms with Crippen molar-refractivity contribution >= 4 is 28.2 Å². The van der Waals surface area contributed by atoms with Crippen molar-refractivity contribution in [2.45, 2.75) is 32.2 Å². The van der Waals surface area contributed by atoms with E-state index in [-0.39, 0.29) is 17.9 Å². The van der Waals surface area contributed by atoms with E-state index in [0.29, 0.717) is 17.2 Å². The molecule has 1 heterocycles. The highest BCUT2D eigenvalue weighted by molar-refractivity contribution is 7.14. The van der Waals surface area contributed by atoms with E-state index in [9.17, 15) is 9.59 Å². The maximum absolute atomic E-state index is 12.1. The number of rotatable bonds is 4. The summed E-state index contributed by atoms with van der Waals surface area (Å²) in [4.78, 5) is 23.8. The van der Waals surface area contributed by atoms with Crippen LogP contribution < -0.4 is 11.1 Å². The number of ether oxygens (including phenoxy) is 1. The Hall–Kier alpha value is -1.40. The predicted molar refractivity (Wildman–Crippen MR) is 74.2 cm³/mol. The van der Waals surface area contributed by atoms with E-state index in [1.807, 2.05) is 0 Å². The minimum Gasteiger partial charge on any atom is -0.462 e. The second-order valence-electron chi connectivity index (χ2n) is 4.57. The van der Waals surface area contributed by atoms with Gasteiger partial charge in [0.05, 0.1) is 18.1 Å². The van der Waals surface area contributed by atoms with Gasteiger partial charge in [0.25, 0.3) is 0 Å². The summed E-state index contributed by atoms with van der Waals surface area (Å²) >= 11 is 1.32. The average Bonchev–Trinajstić information content (AvgIpc) is 2.98. The van der Waals surface area contributed by atoms with E-state index in [4.69, 9.17) is 10.5 Å². The lowest BCUT2D eigenvalue weighted by molar-refractivity contribution is -0.120. The summed E-state index contributed by atoms with van der Waals surface area (Å²) in [6.07, 6.45) is 2.68. The van der Waals surface area contributed by atoms with Gasteiger partial charge in [-0.15, -0.1) is 11.3 Å². The topological polar surface area (TPSA) is 81.4 Å². The van der Waals surface area contributed by atoms with Crippen LogP contribution in [0, 0.1) is 5.92 Å². The molecule has 1 amide bonds. The summed E-state index contributed by atoms with van der Waals surface area (Å²) in [6, 6.07) is 1.58. The smallest absolute Gasteiger partial charge is 0.341 e. The van der Waals surface area contributed by atoms with Gasteiger partial charge in [0.2, 0.25) is 5.91 Å². The summed E-state index contributed by atoms with van der Waals surface area (Å²) < 4.78 is 4.95. The van der Waals surface area contributed by atoms with Crippen LogP contribution in [-0.4, -0.2) is 24.5 Å². The van der Waals surface area contributed by atoms with Gasteiger partial charge in [-0.2, -0.15) is 0 Å². The van der Waals surface area contributed by atoms with E-state index in [1.165, 1.54) is 11.3 Å². The second-order valence-corrected chi connectivity index (χ2v) is 5.49. The SMILES string of the molecule is CCOC(=O)c1ccsc1NC(=O)C1CCCC1N. The molecule has 6 heteroatoms. The molecule has 3 N–H and O–H groups in total. The molecule has 0 bridgehead atoms. The monoisotopic (exact) mass is 282 g/mol. The zero-order valence-electron chi connectivity index (χ0n) is 10.8. The van der Waals surface area contributed by atoms with E-state index in [2.05, 4.69) is 5.32 Å². The first-order chi connectivity index (χ1) is 9.13. The first kappa shape index (κ1) is 14.0. The number of nitrogens with one attached hydrogen (secondary N) is 1. The summed E-state index contributed by atoms with van der Waals surface area (Å²) in [5, 5.41) is 5.11. The second kappa shape index (κ2) is 6.16. The summed E-state index contributed by atoms with van der Waals surface area (Å²) in [6.45, 7) is 2.07. The lowest BCUT2D eigenvalue weighted by atomic mass is 10.0. The lowest BCUT2D eigenvalue weighted by Gasteiger charge is -2.14. The standard InChI is InChI=1S/C13H18N2O3S/c1-2-18-13(17)9-6-7-19-12(9)15-11(16)8-4-3-5-10(8)14/h6-8,10H,2-5,14H2,1H3,(H,15,16).